The molecule has 80 valence electrons. The minimum absolute atomic E-state index is 0.0214. The average molecular weight is 210 g/mol. The molecule has 0 saturated heterocycles. The van der Waals surface area contributed by atoms with Crippen LogP contribution in [0, 0.1) is 5.82 Å². The second-order valence-corrected chi connectivity index (χ2v) is 3.14. The van der Waals surface area contributed by atoms with E-state index in [1.165, 1.54) is 17.0 Å². The molecule has 0 saturated carbocycles. The van der Waals surface area contributed by atoms with Crippen LogP contribution in [-0.4, -0.2) is 25.8 Å². The maximum Gasteiger partial charge on any atom is 0.236 e. The van der Waals surface area contributed by atoms with Crippen LogP contribution < -0.4 is 10.6 Å². The minimum Gasteiger partial charge on any atom is -0.368 e. The highest BCUT2D eigenvalue weighted by molar-refractivity contribution is 5.87. The molecule has 0 fully saturated rings. The van der Waals surface area contributed by atoms with E-state index in [0.717, 1.165) is 6.07 Å². The van der Waals surface area contributed by atoms with Crippen molar-refractivity contribution in [2.75, 3.05) is 18.5 Å². The Hall–Kier alpha value is -1.91. The van der Waals surface area contributed by atoms with Gasteiger partial charge in [-0.15, -0.1) is 0 Å². The van der Waals surface area contributed by atoms with Gasteiger partial charge in [-0.1, -0.05) is 0 Å². The van der Waals surface area contributed by atoms with E-state index in [9.17, 15) is 14.0 Å². The van der Waals surface area contributed by atoms with Gasteiger partial charge in [0.15, 0.2) is 6.29 Å². The SMILES string of the molecule is CN(CC(N)=O)c1ccc(F)cc1C=O. The first-order chi connectivity index (χ1) is 7.04. The lowest BCUT2D eigenvalue weighted by Crippen LogP contribution is -2.31. The van der Waals surface area contributed by atoms with Gasteiger partial charge in [-0.3, -0.25) is 9.59 Å². The van der Waals surface area contributed by atoms with E-state index in [1.807, 2.05) is 0 Å². The molecule has 0 aromatic heterocycles. The number of likely N-dealkylation sites (N-methyl/N-ethyl adjacent to an activating group) is 1. The van der Waals surface area contributed by atoms with Crippen LogP contribution in [0.4, 0.5) is 10.1 Å². The van der Waals surface area contributed by atoms with E-state index in [4.69, 9.17) is 5.73 Å². The zero-order valence-corrected chi connectivity index (χ0v) is 8.24. The summed E-state index contributed by atoms with van der Waals surface area (Å²) < 4.78 is 12.8. The van der Waals surface area contributed by atoms with Crippen LogP contribution in [0.1, 0.15) is 10.4 Å². The van der Waals surface area contributed by atoms with E-state index in [1.54, 1.807) is 7.05 Å². The zero-order valence-electron chi connectivity index (χ0n) is 8.24. The van der Waals surface area contributed by atoms with Gasteiger partial charge in [0, 0.05) is 18.3 Å². The molecule has 1 amide bonds. The van der Waals surface area contributed by atoms with Gasteiger partial charge in [-0.2, -0.15) is 0 Å². The molecule has 1 aromatic carbocycles. The summed E-state index contributed by atoms with van der Waals surface area (Å²) in [6.45, 7) is -0.0214. The number of amides is 1. The molecule has 0 aliphatic rings. The molecule has 4 nitrogen and oxygen atoms in total. The van der Waals surface area contributed by atoms with Gasteiger partial charge >= 0.3 is 0 Å². The molecule has 0 bridgehead atoms. The fourth-order valence-electron chi connectivity index (χ4n) is 1.29. The van der Waals surface area contributed by atoms with Crippen LogP contribution in [0.25, 0.3) is 0 Å². The molecule has 0 aliphatic heterocycles. The summed E-state index contributed by atoms with van der Waals surface area (Å²) in [6.07, 6.45) is 0.538. The van der Waals surface area contributed by atoms with E-state index in [2.05, 4.69) is 0 Å². The fraction of sp³-hybridized carbons (Fsp3) is 0.200. The molecule has 5 heteroatoms. The van der Waals surface area contributed by atoms with Crippen LogP contribution >= 0.6 is 0 Å². The van der Waals surface area contributed by atoms with Gasteiger partial charge in [0.05, 0.1) is 6.54 Å². The van der Waals surface area contributed by atoms with Crippen LogP contribution in [0.3, 0.4) is 0 Å². The van der Waals surface area contributed by atoms with Gasteiger partial charge in [0.1, 0.15) is 5.82 Å². The minimum atomic E-state index is -0.515. The highest BCUT2D eigenvalue weighted by atomic mass is 19.1. The van der Waals surface area contributed by atoms with Crippen molar-refractivity contribution in [3.63, 3.8) is 0 Å². The monoisotopic (exact) mass is 210 g/mol. The molecule has 0 spiro atoms. The third kappa shape index (κ3) is 2.77. The van der Waals surface area contributed by atoms with Gasteiger partial charge < -0.3 is 10.6 Å². The summed E-state index contributed by atoms with van der Waals surface area (Å²) in [5, 5.41) is 0. The number of hydrogen-bond acceptors (Lipinski definition) is 3. The molecule has 1 aromatic rings. The highest BCUT2D eigenvalue weighted by Gasteiger charge is 2.09. The third-order valence-corrected chi connectivity index (χ3v) is 1.92. The number of anilines is 1. The summed E-state index contributed by atoms with van der Waals surface area (Å²) in [6, 6.07) is 3.77. The Labute approximate surface area is 86.5 Å². The second-order valence-electron chi connectivity index (χ2n) is 3.14. The van der Waals surface area contributed by atoms with Gasteiger partial charge in [0.25, 0.3) is 0 Å². The lowest BCUT2D eigenvalue weighted by atomic mass is 10.1. The molecule has 15 heavy (non-hydrogen) atoms. The van der Waals surface area contributed by atoms with E-state index >= 15 is 0 Å². The highest BCUT2D eigenvalue weighted by Crippen LogP contribution is 2.18. The molecule has 0 atom stereocenters. The third-order valence-electron chi connectivity index (χ3n) is 1.92. The normalized spacial score (nSPS) is 9.73. The van der Waals surface area contributed by atoms with E-state index in [-0.39, 0.29) is 12.1 Å². The van der Waals surface area contributed by atoms with Crippen molar-refractivity contribution < 1.29 is 14.0 Å². The van der Waals surface area contributed by atoms with Crippen LogP contribution in [0.5, 0.6) is 0 Å². The first-order valence-corrected chi connectivity index (χ1v) is 4.28. The van der Waals surface area contributed by atoms with Crippen molar-refractivity contribution in [2.45, 2.75) is 0 Å². The van der Waals surface area contributed by atoms with Gasteiger partial charge in [-0.25, -0.2) is 4.39 Å². The van der Waals surface area contributed by atoms with Crippen LogP contribution in [0.15, 0.2) is 18.2 Å². The van der Waals surface area contributed by atoms with Crippen molar-refractivity contribution >= 4 is 17.9 Å². The van der Waals surface area contributed by atoms with Crippen LogP contribution in [0.2, 0.25) is 0 Å². The molecule has 2 N–H and O–H groups in total. The number of nitrogens with two attached hydrogens (primary N) is 1. The number of carbonyl (C=O) groups is 2. The van der Waals surface area contributed by atoms with Crippen LogP contribution in [-0.2, 0) is 4.79 Å². The molecule has 0 aliphatic carbocycles. The quantitative estimate of drug-likeness (QED) is 0.738. The smallest absolute Gasteiger partial charge is 0.236 e. The van der Waals surface area contributed by atoms with Crippen molar-refractivity contribution in [3.8, 4) is 0 Å². The fourth-order valence-corrected chi connectivity index (χ4v) is 1.29. The number of primary amides is 1. The molecule has 0 unspecified atom stereocenters. The van der Waals surface area contributed by atoms with Crippen molar-refractivity contribution in [3.05, 3.63) is 29.6 Å². The first kappa shape index (κ1) is 11.2. The summed E-state index contributed by atoms with van der Waals surface area (Å²) in [7, 11) is 1.60. The molecule has 1 rings (SSSR count). The first-order valence-electron chi connectivity index (χ1n) is 4.28. The summed E-state index contributed by atoms with van der Waals surface area (Å²) in [5.74, 6) is -1.01. The zero-order chi connectivity index (χ0) is 11.4. The Balaban J connectivity index is 3.02. The Morgan fingerprint density at radius 1 is 1.60 bits per heavy atom. The largest absolute Gasteiger partial charge is 0.368 e. The number of halogens is 1. The number of nitrogens with zero attached hydrogens (tertiary/aromatic N) is 1. The Morgan fingerprint density at radius 3 is 2.80 bits per heavy atom. The maximum absolute atomic E-state index is 12.8. The summed E-state index contributed by atoms with van der Waals surface area (Å²) in [4.78, 5) is 22.8. The van der Waals surface area contributed by atoms with Crippen molar-refractivity contribution in [2.24, 2.45) is 5.73 Å². The number of hydrogen-bond donors (Lipinski definition) is 1. The van der Waals surface area contributed by atoms with Gasteiger partial charge in [0.2, 0.25) is 5.91 Å². The standard InChI is InChI=1S/C10H11FN2O2/c1-13(5-10(12)15)9-3-2-8(11)4-7(9)6-14/h2-4,6H,5H2,1H3,(H2,12,15). The van der Waals surface area contributed by atoms with Crippen molar-refractivity contribution in [1.29, 1.82) is 0 Å². The van der Waals surface area contributed by atoms with Gasteiger partial charge in [-0.05, 0) is 18.2 Å². The molecular weight excluding hydrogens is 199 g/mol. The molecular formula is C10H11FN2O2. The van der Waals surface area contributed by atoms with Crippen molar-refractivity contribution in [1.82, 2.24) is 0 Å². The Morgan fingerprint density at radius 2 is 2.27 bits per heavy atom. The lowest BCUT2D eigenvalue weighted by molar-refractivity contribution is -0.116. The Bertz CT molecular complexity index is 393. The number of benzene rings is 1. The summed E-state index contributed by atoms with van der Waals surface area (Å²) in [5.41, 5.74) is 5.68. The maximum atomic E-state index is 12.8. The number of rotatable bonds is 4. The topological polar surface area (TPSA) is 63.4 Å². The Kier molecular flexibility index (Phi) is 3.38. The van der Waals surface area contributed by atoms with E-state index < -0.39 is 11.7 Å². The number of aldehydes is 1. The predicted octanol–water partition coefficient (Wildman–Crippen LogP) is 0.560. The predicted molar refractivity (Wildman–Crippen MR) is 54.3 cm³/mol. The van der Waals surface area contributed by atoms with E-state index in [0.29, 0.717) is 12.0 Å². The average Bonchev–Trinajstić information content (AvgIpc) is 2.16. The second kappa shape index (κ2) is 4.54. The summed E-state index contributed by atoms with van der Waals surface area (Å²) >= 11 is 0. The number of carbonyl (C=O) groups excluding carboxylic acids is 2. The lowest BCUT2D eigenvalue weighted by Gasteiger charge is -2.18. The molecule has 0 radical (unpaired) electrons. The molecule has 0 heterocycles.